The summed E-state index contributed by atoms with van der Waals surface area (Å²) in [4.78, 5) is 0. The Labute approximate surface area is 227 Å². The summed E-state index contributed by atoms with van der Waals surface area (Å²) in [6.45, 7) is 6.73. The molecule has 0 bridgehead atoms. The number of rotatable bonds is 32. The molecule has 0 aromatic heterocycles. The Kier molecular flexibility index (Phi) is 32.8. The molecular formula is C33H68O3. The van der Waals surface area contributed by atoms with Gasteiger partial charge in [-0.25, -0.2) is 0 Å². The summed E-state index contributed by atoms with van der Waals surface area (Å²) in [6.07, 6.45) is 35.5. The molecule has 0 rings (SSSR count). The van der Waals surface area contributed by atoms with Crippen molar-refractivity contribution < 1.29 is 14.6 Å². The Morgan fingerprint density at radius 2 is 0.722 bits per heavy atom. The van der Waals surface area contributed by atoms with Crippen LogP contribution in [0.2, 0.25) is 0 Å². The lowest BCUT2D eigenvalue weighted by molar-refractivity contribution is -0.0437. The highest BCUT2D eigenvalue weighted by Gasteiger charge is 2.07. The van der Waals surface area contributed by atoms with E-state index >= 15 is 0 Å². The first-order valence-electron chi connectivity index (χ1n) is 16.6. The lowest BCUT2D eigenvalue weighted by Crippen LogP contribution is -2.24. The van der Waals surface area contributed by atoms with Gasteiger partial charge < -0.3 is 14.6 Å². The van der Waals surface area contributed by atoms with Crippen molar-refractivity contribution in [3.63, 3.8) is 0 Å². The number of ether oxygens (including phenoxy) is 2. The van der Waals surface area contributed by atoms with Crippen LogP contribution in [0, 0.1) is 0 Å². The summed E-state index contributed by atoms with van der Waals surface area (Å²) >= 11 is 0. The third kappa shape index (κ3) is 30.1. The number of hydrogen-bond acceptors (Lipinski definition) is 3. The van der Waals surface area contributed by atoms with Gasteiger partial charge in [0.15, 0.2) is 0 Å². The van der Waals surface area contributed by atoms with Crippen LogP contribution in [-0.4, -0.2) is 37.6 Å². The average molecular weight is 513 g/mol. The molecular weight excluding hydrogens is 444 g/mol. The van der Waals surface area contributed by atoms with E-state index in [0.29, 0.717) is 6.61 Å². The van der Waals surface area contributed by atoms with Crippen molar-refractivity contribution in [3.8, 4) is 0 Å². The van der Waals surface area contributed by atoms with Gasteiger partial charge in [-0.05, 0) is 12.8 Å². The van der Waals surface area contributed by atoms with Crippen molar-refractivity contribution >= 4 is 0 Å². The van der Waals surface area contributed by atoms with Gasteiger partial charge in [0.1, 0.15) is 6.10 Å². The molecule has 3 heteroatoms. The molecule has 0 aliphatic heterocycles. The highest BCUT2D eigenvalue weighted by atomic mass is 16.5. The van der Waals surface area contributed by atoms with Crippen LogP contribution in [0.25, 0.3) is 0 Å². The number of aliphatic hydroxyl groups excluding tert-OH is 1. The molecule has 0 spiro atoms. The van der Waals surface area contributed by atoms with E-state index in [9.17, 15) is 5.11 Å². The zero-order chi connectivity index (χ0) is 26.2. The van der Waals surface area contributed by atoms with Gasteiger partial charge in [0.05, 0.1) is 13.2 Å². The maximum atomic E-state index is 9.54. The van der Waals surface area contributed by atoms with Crippen LogP contribution in [0.4, 0.5) is 0 Å². The predicted octanol–water partition coefficient (Wildman–Crippen LogP) is 10.6. The molecule has 0 radical (unpaired) electrons. The van der Waals surface area contributed by atoms with E-state index in [2.05, 4.69) is 13.8 Å². The lowest BCUT2D eigenvalue weighted by atomic mass is 10.0. The second kappa shape index (κ2) is 32.9. The summed E-state index contributed by atoms with van der Waals surface area (Å²) in [6, 6.07) is 0. The molecule has 3 nitrogen and oxygen atoms in total. The molecule has 1 atom stereocenters. The van der Waals surface area contributed by atoms with Crippen LogP contribution in [-0.2, 0) is 9.47 Å². The summed E-state index contributed by atoms with van der Waals surface area (Å²) in [5.74, 6) is 0. The van der Waals surface area contributed by atoms with Crippen LogP contribution in [0.15, 0.2) is 0 Å². The fourth-order valence-corrected chi connectivity index (χ4v) is 4.96. The van der Waals surface area contributed by atoms with Gasteiger partial charge in [-0.3, -0.25) is 0 Å². The van der Waals surface area contributed by atoms with Crippen LogP contribution in [0.5, 0.6) is 0 Å². The molecule has 0 saturated carbocycles. The largest absolute Gasteiger partial charge is 0.394 e. The van der Waals surface area contributed by atoms with Crippen LogP contribution in [0.3, 0.4) is 0 Å². The molecule has 0 aromatic rings. The van der Waals surface area contributed by atoms with Crippen molar-refractivity contribution in [2.24, 2.45) is 0 Å². The van der Waals surface area contributed by atoms with Crippen molar-refractivity contribution in [3.05, 3.63) is 0 Å². The summed E-state index contributed by atoms with van der Waals surface area (Å²) in [5, 5.41) is 9.54. The smallest absolute Gasteiger partial charge is 0.104 e. The van der Waals surface area contributed by atoms with Crippen molar-refractivity contribution in [2.45, 2.75) is 187 Å². The van der Waals surface area contributed by atoms with Gasteiger partial charge in [-0.2, -0.15) is 0 Å². The third-order valence-electron chi connectivity index (χ3n) is 7.50. The first-order valence-corrected chi connectivity index (χ1v) is 16.6. The second-order valence-electron chi connectivity index (χ2n) is 11.2. The molecule has 36 heavy (non-hydrogen) atoms. The highest BCUT2D eigenvalue weighted by molar-refractivity contribution is 4.55. The van der Waals surface area contributed by atoms with Crippen LogP contribution < -0.4 is 0 Å². The first kappa shape index (κ1) is 35.9. The average Bonchev–Trinajstić information content (AvgIpc) is 2.89. The van der Waals surface area contributed by atoms with Gasteiger partial charge in [-0.15, -0.1) is 0 Å². The fourth-order valence-electron chi connectivity index (χ4n) is 4.96. The first-order chi connectivity index (χ1) is 17.8. The second-order valence-corrected chi connectivity index (χ2v) is 11.2. The molecule has 0 aliphatic carbocycles. The zero-order valence-corrected chi connectivity index (χ0v) is 25.1. The maximum absolute atomic E-state index is 9.54. The van der Waals surface area contributed by atoms with E-state index in [1.807, 2.05) is 0 Å². The Balaban J connectivity index is 3.25. The number of hydrogen-bond donors (Lipinski definition) is 1. The van der Waals surface area contributed by atoms with Gasteiger partial charge in [0, 0.05) is 13.2 Å². The third-order valence-corrected chi connectivity index (χ3v) is 7.50. The van der Waals surface area contributed by atoms with Gasteiger partial charge >= 0.3 is 0 Å². The molecule has 0 amide bonds. The van der Waals surface area contributed by atoms with E-state index in [1.165, 1.54) is 154 Å². The summed E-state index contributed by atoms with van der Waals surface area (Å²) in [7, 11) is 0. The Hall–Kier alpha value is -0.120. The van der Waals surface area contributed by atoms with E-state index in [-0.39, 0.29) is 12.7 Å². The molecule has 0 aliphatic rings. The summed E-state index contributed by atoms with van der Waals surface area (Å²) in [5.41, 5.74) is 0. The van der Waals surface area contributed by atoms with E-state index in [1.54, 1.807) is 0 Å². The molecule has 0 fully saturated rings. The molecule has 1 unspecified atom stereocenters. The van der Waals surface area contributed by atoms with Crippen molar-refractivity contribution in [1.29, 1.82) is 0 Å². The van der Waals surface area contributed by atoms with Crippen LogP contribution >= 0.6 is 0 Å². The Morgan fingerprint density at radius 1 is 0.417 bits per heavy atom. The standard InChI is InChI=1S/C33H68O3/c1-3-5-7-9-11-13-15-17-18-19-21-23-25-27-29-35-32-33(31-34)36-30-28-26-24-22-20-16-14-12-10-8-6-4-2/h33-34H,3-32H2,1-2H3. The predicted molar refractivity (Wildman–Crippen MR) is 159 cm³/mol. The summed E-state index contributed by atoms with van der Waals surface area (Å²) < 4.78 is 11.6. The molecule has 0 saturated heterocycles. The Bertz CT molecular complexity index is 374. The lowest BCUT2D eigenvalue weighted by Gasteiger charge is -2.15. The minimum atomic E-state index is -0.149. The van der Waals surface area contributed by atoms with E-state index in [0.717, 1.165) is 26.1 Å². The van der Waals surface area contributed by atoms with Gasteiger partial charge in [0.25, 0.3) is 0 Å². The number of aliphatic hydroxyl groups is 1. The molecule has 218 valence electrons. The number of unbranched alkanes of at least 4 members (excludes halogenated alkanes) is 24. The fraction of sp³-hybridized carbons (Fsp3) is 1.00. The minimum Gasteiger partial charge on any atom is -0.394 e. The Morgan fingerprint density at radius 3 is 1.06 bits per heavy atom. The molecule has 0 heterocycles. The van der Waals surface area contributed by atoms with Gasteiger partial charge in [-0.1, -0.05) is 168 Å². The van der Waals surface area contributed by atoms with Gasteiger partial charge in [0.2, 0.25) is 0 Å². The van der Waals surface area contributed by atoms with E-state index in [4.69, 9.17) is 9.47 Å². The minimum absolute atomic E-state index is 0.0665. The SMILES string of the molecule is CCCCCCCCCCCCCCCCOCC(CO)OCCCCCCCCCCCCCC. The van der Waals surface area contributed by atoms with Crippen molar-refractivity contribution in [2.75, 3.05) is 26.4 Å². The highest BCUT2D eigenvalue weighted by Crippen LogP contribution is 2.14. The quantitative estimate of drug-likeness (QED) is 0.0911. The molecule has 1 N–H and O–H groups in total. The van der Waals surface area contributed by atoms with E-state index < -0.39 is 0 Å². The van der Waals surface area contributed by atoms with Crippen LogP contribution in [0.1, 0.15) is 181 Å². The maximum Gasteiger partial charge on any atom is 0.104 e. The monoisotopic (exact) mass is 513 g/mol. The molecule has 0 aromatic carbocycles. The zero-order valence-electron chi connectivity index (χ0n) is 25.1. The van der Waals surface area contributed by atoms with Crippen molar-refractivity contribution in [1.82, 2.24) is 0 Å². The normalized spacial score (nSPS) is 12.4. The topological polar surface area (TPSA) is 38.7 Å².